The molecule has 0 saturated carbocycles. The van der Waals surface area contributed by atoms with E-state index in [4.69, 9.17) is 9.47 Å². The molecule has 5 nitrogen and oxygen atoms in total. The van der Waals surface area contributed by atoms with Crippen LogP contribution in [0.5, 0.6) is 11.5 Å². The molecule has 1 aromatic heterocycles. The first kappa shape index (κ1) is 12.6. The average molecular weight is 311 g/mol. The Bertz CT molecular complexity index is 558. The number of halogens is 1. The molecule has 0 aliphatic carbocycles. The summed E-state index contributed by atoms with van der Waals surface area (Å²) in [7, 11) is 3.14. The van der Waals surface area contributed by atoms with Crippen LogP contribution in [0.3, 0.4) is 0 Å². The van der Waals surface area contributed by atoms with E-state index in [0.717, 1.165) is 0 Å². The molecule has 2 rings (SSSR count). The summed E-state index contributed by atoms with van der Waals surface area (Å²) in [4.78, 5) is 17.7. The molecule has 1 heterocycles. The van der Waals surface area contributed by atoms with E-state index in [1.165, 1.54) is 0 Å². The molecule has 6 heteroatoms. The van der Waals surface area contributed by atoms with Crippen LogP contribution >= 0.6 is 15.9 Å². The molecule has 1 aromatic carbocycles. The summed E-state index contributed by atoms with van der Waals surface area (Å²) in [5, 5.41) is 0. The topological polar surface area (TPSA) is 64.2 Å². The minimum Gasteiger partial charge on any atom is -0.496 e. The second kappa shape index (κ2) is 5.22. The Balaban J connectivity index is 2.67. The number of hydrogen-bond acceptors (Lipinski definition) is 4. The molecule has 0 atom stereocenters. The van der Waals surface area contributed by atoms with Crippen LogP contribution < -0.4 is 9.47 Å². The van der Waals surface area contributed by atoms with Crippen molar-refractivity contribution in [3.05, 3.63) is 28.6 Å². The zero-order valence-corrected chi connectivity index (χ0v) is 11.4. The van der Waals surface area contributed by atoms with Crippen molar-refractivity contribution in [2.45, 2.75) is 0 Å². The van der Waals surface area contributed by atoms with Crippen molar-refractivity contribution in [3.63, 3.8) is 0 Å². The van der Waals surface area contributed by atoms with Gasteiger partial charge in [0.05, 0.1) is 19.8 Å². The smallest absolute Gasteiger partial charge is 0.185 e. The van der Waals surface area contributed by atoms with Crippen LogP contribution in [0.15, 0.2) is 22.8 Å². The number of aromatic amines is 1. The lowest BCUT2D eigenvalue weighted by molar-refractivity contribution is 0.111. The lowest BCUT2D eigenvalue weighted by atomic mass is 10.1. The lowest BCUT2D eigenvalue weighted by Gasteiger charge is -2.11. The summed E-state index contributed by atoms with van der Waals surface area (Å²) in [6.07, 6.45) is 0.649. The monoisotopic (exact) mass is 310 g/mol. The van der Waals surface area contributed by atoms with E-state index in [9.17, 15) is 4.79 Å². The number of benzene rings is 1. The van der Waals surface area contributed by atoms with E-state index >= 15 is 0 Å². The SMILES string of the molecule is COc1cccc(OC)c1-c1nc(C=O)[nH]c1Br. The van der Waals surface area contributed by atoms with Gasteiger partial charge in [0.25, 0.3) is 0 Å². The maximum Gasteiger partial charge on any atom is 0.185 e. The minimum atomic E-state index is 0.241. The second-order valence-electron chi connectivity index (χ2n) is 3.44. The van der Waals surface area contributed by atoms with E-state index in [-0.39, 0.29) is 5.82 Å². The number of nitrogens with one attached hydrogen (secondary N) is 1. The molecular weight excluding hydrogens is 300 g/mol. The summed E-state index contributed by atoms with van der Waals surface area (Å²) in [6.45, 7) is 0. The third-order valence-corrected chi connectivity index (χ3v) is 3.03. The Kier molecular flexibility index (Phi) is 3.66. The van der Waals surface area contributed by atoms with E-state index in [0.29, 0.717) is 33.6 Å². The first-order chi connectivity index (χ1) is 8.71. The van der Waals surface area contributed by atoms with Gasteiger partial charge in [-0.3, -0.25) is 4.79 Å². The number of aldehydes is 1. The van der Waals surface area contributed by atoms with Gasteiger partial charge in [-0.25, -0.2) is 4.98 Å². The number of aromatic nitrogens is 2. The van der Waals surface area contributed by atoms with Crippen LogP contribution in [0.2, 0.25) is 0 Å². The Morgan fingerprint density at radius 3 is 2.33 bits per heavy atom. The number of H-pyrrole nitrogens is 1. The minimum absolute atomic E-state index is 0.241. The summed E-state index contributed by atoms with van der Waals surface area (Å²) < 4.78 is 11.2. The maximum absolute atomic E-state index is 10.7. The van der Waals surface area contributed by atoms with Crippen LogP contribution in [0, 0.1) is 0 Å². The Hall–Kier alpha value is -1.82. The van der Waals surface area contributed by atoms with Crippen molar-refractivity contribution in [2.75, 3.05) is 14.2 Å². The predicted molar refractivity (Wildman–Crippen MR) is 70.2 cm³/mol. The van der Waals surface area contributed by atoms with Gasteiger partial charge in [-0.05, 0) is 28.1 Å². The normalized spacial score (nSPS) is 10.2. The molecule has 94 valence electrons. The Labute approximate surface area is 112 Å². The number of hydrogen-bond donors (Lipinski definition) is 1. The van der Waals surface area contributed by atoms with Gasteiger partial charge in [0.15, 0.2) is 12.1 Å². The van der Waals surface area contributed by atoms with Crippen molar-refractivity contribution in [1.82, 2.24) is 9.97 Å². The van der Waals surface area contributed by atoms with Gasteiger partial charge in [0.2, 0.25) is 0 Å². The van der Waals surface area contributed by atoms with Crippen LogP contribution in [0.4, 0.5) is 0 Å². The van der Waals surface area contributed by atoms with Gasteiger partial charge in [0.1, 0.15) is 21.8 Å². The number of rotatable bonds is 4. The molecule has 0 fully saturated rings. The number of methoxy groups -OCH3 is 2. The fourth-order valence-electron chi connectivity index (χ4n) is 1.68. The van der Waals surface area contributed by atoms with Crippen LogP contribution in [-0.4, -0.2) is 30.5 Å². The van der Waals surface area contributed by atoms with E-state index in [1.807, 2.05) is 6.07 Å². The molecule has 0 aliphatic heterocycles. The predicted octanol–water partition coefficient (Wildman–Crippen LogP) is 2.67. The van der Waals surface area contributed by atoms with Gasteiger partial charge < -0.3 is 14.5 Å². The zero-order valence-electron chi connectivity index (χ0n) is 9.86. The molecule has 0 bridgehead atoms. The largest absolute Gasteiger partial charge is 0.496 e. The second-order valence-corrected chi connectivity index (χ2v) is 4.23. The summed E-state index contributed by atoms with van der Waals surface area (Å²) in [5.74, 6) is 1.49. The standard InChI is InChI=1S/C12H11BrN2O3/c1-17-7-4-3-5-8(18-2)10(7)11-12(13)15-9(6-16)14-11/h3-6H,1-2H3,(H,14,15). The first-order valence-electron chi connectivity index (χ1n) is 5.13. The van der Waals surface area contributed by atoms with Crippen LogP contribution in [-0.2, 0) is 0 Å². The zero-order chi connectivity index (χ0) is 13.1. The van der Waals surface area contributed by atoms with E-state index in [2.05, 4.69) is 25.9 Å². The van der Waals surface area contributed by atoms with Crippen molar-refractivity contribution < 1.29 is 14.3 Å². The van der Waals surface area contributed by atoms with Crippen molar-refractivity contribution in [1.29, 1.82) is 0 Å². The van der Waals surface area contributed by atoms with Crippen molar-refractivity contribution in [3.8, 4) is 22.8 Å². The summed E-state index contributed by atoms with van der Waals surface area (Å²) in [6, 6.07) is 5.43. The molecule has 0 spiro atoms. The fraction of sp³-hybridized carbons (Fsp3) is 0.167. The van der Waals surface area contributed by atoms with Crippen LogP contribution in [0.1, 0.15) is 10.6 Å². The molecule has 0 radical (unpaired) electrons. The Morgan fingerprint density at radius 1 is 1.28 bits per heavy atom. The van der Waals surface area contributed by atoms with Crippen molar-refractivity contribution in [2.24, 2.45) is 0 Å². The van der Waals surface area contributed by atoms with Crippen LogP contribution in [0.25, 0.3) is 11.3 Å². The highest BCUT2D eigenvalue weighted by molar-refractivity contribution is 9.10. The molecular formula is C12H11BrN2O3. The van der Waals surface area contributed by atoms with Gasteiger partial charge in [-0.15, -0.1) is 0 Å². The lowest BCUT2D eigenvalue weighted by Crippen LogP contribution is -1.93. The van der Waals surface area contributed by atoms with Gasteiger partial charge in [0, 0.05) is 0 Å². The number of carbonyl (C=O) groups is 1. The van der Waals surface area contributed by atoms with Crippen molar-refractivity contribution >= 4 is 22.2 Å². The summed E-state index contributed by atoms with van der Waals surface area (Å²) >= 11 is 3.33. The fourth-order valence-corrected chi connectivity index (χ4v) is 2.17. The molecule has 0 saturated heterocycles. The molecule has 2 aromatic rings. The van der Waals surface area contributed by atoms with E-state index < -0.39 is 0 Å². The van der Waals surface area contributed by atoms with Gasteiger partial charge in [-0.1, -0.05) is 6.07 Å². The number of carbonyl (C=O) groups excluding carboxylic acids is 1. The Morgan fingerprint density at radius 2 is 1.89 bits per heavy atom. The number of ether oxygens (including phenoxy) is 2. The number of imidazole rings is 1. The van der Waals surface area contributed by atoms with Gasteiger partial charge in [-0.2, -0.15) is 0 Å². The number of nitrogens with zero attached hydrogens (tertiary/aromatic N) is 1. The van der Waals surface area contributed by atoms with E-state index in [1.54, 1.807) is 26.4 Å². The third kappa shape index (κ3) is 2.11. The summed E-state index contributed by atoms with van der Waals surface area (Å²) in [5.41, 5.74) is 1.27. The highest BCUT2D eigenvalue weighted by atomic mass is 79.9. The third-order valence-electron chi connectivity index (χ3n) is 2.45. The molecule has 0 amide bonds. The molecule has 0 unspecified atom stereocenters. The van der Waals surface area contributed by atoms with Gasteiger partial charge >= 0.3 is 0 Å². The average Bonchev–Trinajstić information content (AvgIpc) is 2.78. The quantitative estimate of drug-likeness (QED) is 0.882. The molecule has 0 aliphatic rings. The first-order valence-corrected chi connectivity index (χ1v) is 5.92. The highest BCUT2D eigenvalue weighted by Gasteiger charge is 2.18. The molecule has 1 N–H and O–H groups in total. The maximum atomic E-state index is 10.7. The highest BCUT2D eigenvalue weighted by Crippen LogP contribution is 2.40. The molecule has 18 heavy (non-hydrogen) atoms.